The Morgan fingerprint density at radius 1 is 1.38 bits per heavy atom. The number of nitrogens with zero attached hydrogens (tertiary/aromatic N) is 2. The summed E-state index contributed by atoms with van der Waals surface area (Å²) >= 11 is 6.06. The molecule has 1 fully saturated rings. The lowest BCUT2D eigenvalue weighted by molar-refractivity contribution is 0.756. The zero-order valence-electron chi connectivity index (χ0n) is 9.89. The molecule has 0 aliphatic heterocycles. The molecule has 16 heavy (non-hydrogen) atoms. The third-order valence-electron chi connectivity index (χ3n) is 2.99. The van der Waals surface area contributed by atoms with Crippen molar-refractivity contribution in [2.45, 2.75) is 39.5 Å². The van der Waals surface area contributed by atoms with E-state index >= 15 is 0 Å². The number of rotatable bonds is 5. The number of halogens is 1. The maximum absolute atomic E-state index is 6.06. The molecule has 0 spiro atoms. The van der Waals surface area contributed by atoms with Crippen molar-refractivity contribution in [3.05, 3.63) is 16.5 Å². The molecule has 0 amide bonds. The van der Waals surface area contributed by atoms with Gasteiger partial charge in [0.2, 0.25) is 0 Å². The highest BCUT2D eigenvalue weighted by molar-refractivity contribution is 6.30. The van der Waals surface area contributed by atoms with Gasteiger partial charge in [-0.3, -0.25) is 0 Å². The Labute approximate surface area is 102 Å². The monoisotopic (exact) mass is 239 g/mol. The van der Waals surface area contributed by atoms with E-state index in [-0.39, 0.29) is 0 Å². The summed E-state index contributed by atoms with van der Waals surface area (Å²) in [5.74, 6) is 2.65. The number of aryl methyl sites for hydroxylation is 1. The zero-order valence-corrected chi connectivity index (χ0v) is 10.6. The summed E-state index contributed by atoms with van der Waals surface area (Å²) in [6, 6.07) is 0. The van der Waals surface area contributed by atoms with Gasteiger partial charge in [0.25, 0.3) is 0 Å². The van der Waals surface area contributed by atoms with E-state index in [1.54, 1.807) is 0 Å². The first-order chi connectivity index (χ1) is 7.70. The molecule has 0 saturated heterocycles. The molecule has 1 N–H and O–H groups in total. The molecule has 2 rings (SSSR count). The maximum atomic E-state index is 6.06. The quantitative estimate of drug-likeness (QED) is 0.802. The molecule has 4 heteroatoms. The Balaban J connectivity index is 2.02. The molecule has 1 aliphatic rings. The highest BCUT2D eigenvalue weighted by atomic mass is 35.5. The van der Waals surface area contributed by atoms with E-state index in [2.05, 4.69) is 15.3 Å². The molecule has 0 unspecified atom stereocenters. The van der Waals surface area contributed by atoms with Crippen LogP contribution in [0.3, 0.4) is 0 Å². The fourth-order valence-corrected chi connectivity index (χ4v) is 1.85. The van der Waals surface area contributed by atoms with Crippen LogP contribution in [0.1, 0.15) is 37.6 Å². The number of hydrogen-bond acceptors (Lipinski definition) is 3. The van der Waals surface area contributed by atoms with Crippen LogP contribution in [0.15, 0.2) is 0 Å². The molecular weight excluding hydrogens is 222 g/mol. The number of nitrogens with one attached hydrogen (secondary N) is 1. The van der Waals surface area contributed by atoms with Crippen LogP contribution in [0.4, 0.5) is 5.82 Å². The van der Waals surface area contributed by atoms with E-state index in [0.717, 1.165) is 36.1 Å². The van der Waals surface area contributed by atoms with E-state index in [0.29, 0.717) is 5.15 Å². The van der Waals surface area contributed by atoms with E-state index < -0.39 is 0 Å². The lowest BCUT2D eigenvalue weighted by atomic mass is 10.3. The molecule has 0 bridgehead atoms. The van der Waals surface area contributed by atoms with E-state index in [4.69, 9.17) is 11.6 Å². The van der Waals surface area contributed by atoms with Crippen molar-refractivity contribution in [1.82, 2.24) is 9.97 Å². The second-order valence-electron chi connectivity index (χ2n) is 4.42. The van der Waals surface area contributed by atoms with Crippen LogP contribution in [0.5, 0.6) is 0 Å². The normalized spacial score (nSPS) is 15.2. The SMILES string of the molecule is CCc1nc(Cl)c(C)c(NCCC2CC2)n1. The molecule has 88 valence electrons. The van der Waals surface area contributed by atoms with Gasteiger partial charge in [-0.2, -0.15) is 0 Å². The zero-order chi connectivity index (χ0) is 11.5. The molecule has 0 aromatic carbocycles. The first kappa shape index (κ1) is 11.6. The maximum Gasteiger partial charge on any atom is 0.137 e. The Morgan fingerprint density at radius 2 is 2.12 bits per heavy atom. The van der Waals surface area contributed by atoms with Crippen LogP contribution in [0.25, 0.3) is 0 Å². The minimum Gasteiger partial charge on any atom is -0.370 e. The summed E-state index contributed by atoms with van der Waals surface area (Å²) in [5, 5.41) is 3.93. The third kappa shape index (κ3) is 2.85. The van der Waals surface area contributed by atoms with Crippen molar-refractivity contribution in [3.8, 4) is 0 Å². The van der Waals surface area contributed by atoms with E-state index in [9.17, 15) is 0 Å². The van der Waals surface area contributed by atoms with Gasteiger partial charge in [0.05, 0.1) is 0 Å². The second kappa shape index (κ2) is 5.00. The summed E-state index contributed by atoms with van der Waals surface area (Å²) in [6.45, 7) is 4.98. The molecule has 1 aromatic rings. The van der Waals surface area contributed by atoms with Crippen molar-refractivity contribution in [2.24, 2.45) is 5.92 Å². The molecule has 1 saturated carbocycles. The van der Waals surface area contributed by atoms with Crippen molar-refractivity contribution in [1.29, 1.82) is 0 Å². The van der Waals surface area contributed by atoms with Crippen LogP contribution < -0.4 is 5.32 Å². The molecule has 1 aliphatic carbocycles. The molecule has 3 nitrogen and oxygen atoms in total. The standard InChI is InChI=1S/C12H18ClN3/c1-3-10-15-11(13)8(2)12(16-10)14-7-6-9-4-5-9/h9H,3-7H2,1-2H3,(H,14,15,16). The predicted molar refractivity (Wildman–Crippen MR) is 67.0 cm³/mol. The van der Waals surface area contributed by atoms with Gasteiger partial charge in [0.1, 0.15) is 16.8 Å². The topological polar surface area (TPSA) is 37.8 Å². The molecule has 0 atom stereocenters. The highest BCUT2D eigenvalue weighted by Crippen LogP contribution is 2.32. The molecular formula is C12H18ClN3. The summed E-state index contributed by atoms with van der Waals surface area (Å²) in [5.41, 5.74) is 0.953. The molecule has 1 aromatic heterocycles. The first-order valence-electron chi connectivity index (χ1n) is 5.97. The van der Waals surface area contributed by atoms with Crippen molar-refractivity contribution >= 4 is 17.4 Å². The van der Waals surface area contributed by atoms with Crippen molar-refractivity contribution in [2.75, 3.05) is 11.9 Å². The highest BCUT2D eigenvalue weighted by Gasteiger charge is 2.20. The lowest BCUT2D eigenvalue weighted by Crippen LogP contribution is -2.08. The third-order valence-corrected chi connectivity index (χ3v) is 3.36. The summed E-state index contributed by atoms with van der Waals surface area (Å²) < 4.78 is 0. The molecule has 0 radical (unpaired) electrons. The van der Waals surface area contributed by atoms with Crippen LogP contribution in [0, 0.1) is 12.8 Å². The minimum absolute atomic E-state index is 0.570. The predicted octanol–water partition coefficient (Wildman–Crippen LogP) is 3.21. The van der Waals surface area contributed by atoms with Crippen molar-refractivity contribution < 1.29 is 0 Å². The number of hydrogen-bond donors (Lipinski definition) is 1. The van der Waals surface area contributed by atoms with Gasteiger partial charge in [-0.05, 0) is 19.3 Å². The summed E-state index contributed by atoms with van der Waals surface area (Å²) in [6.07, 6.45) is 4.84. The Hall–Kier alpha value is -0.830. The Kier molecular flexibility index (Phi) is 3.64. The average molecular weight is 240 g/mol. The van der Waals surface area contributed by atoms with Crippen LogP contribution in [-0.4, -0.2) is 16.5 Å². The van der Waals surface area contributed by atoms with E-state index in [1.165, 1.54) is 19.3 Å². The smallest absolute Gasteiger partial charge is 0.137 e. The van der Waals surface area contributed by atoms with Crippen LogP contribution in [-0.2, 0) is 6.42 Å². The van der Waals surface area contributed by atoms with Gasteiger partial charge < -0.3 is 5.32 Å². The lowest BCUT2D eigenvalue weighted by Gasteiger charge is -2.10. The second-order valence-corrected chi connectivity index (χ2v) is 4.77. The minimum atomic E-state index is 0.570. The van der Waals surface area contributed by atoms with Gasteiger partial charge in [0.15, 0.2) is 0 Å². The fraction of sp³-hybridized carbons (Fsp3) is 0.667. The molecule has 1 heterocycles. The Bertz CT molecular complexity index is 375. The summed E-state index contributed by atoms with van der Waals surface area (Å²) in [4.78, 5) is 8.68. The van der Waals surface area contributed by atoms with Gasteiger partial charge in [-0.1, -0.05) is 31.4 Å². The van der Waals surface area contributed by atoms with Crippen LogP contribution in [0.2, 0.25) is 5.15 Å². The van der Waals surface area contributed by atoms with E-state index in [1.807, 2.05) is 13.8 Å². The fourth-order valence-electron chi connectivity index (χ4n) is 1.66. The van der Waals surface area contributed by atoms with Gasteiger partial charge >= 0.3 is 0 Å². The van der Waals surface area contributed by atoms with Crippen LogP contribution >= 0.6 is 11.6 Å². The Morgan fingerprint density at radius 3 is 2.75 bits per heavy atom. The largest absolute Gasteiger partial charge is 0.370 e. The van der Waals surface area contributed by atoms with Crippen molar-refractivity contribution in [3.63, 3.8) is 0 Å². The number of anilines is 1. The van der Waals surface area contributed by atoms with Gasteiger partial charge in [-0.15, -0.1) is 0 Å². The first-order valence-corrected chi connectivity index (χ1v) is 6.35. The average Bonchev–Trinajstić information content (AvgIpc) is 3.08. The summed E-state index contributed by atoms with van der Waals surface area (Å²) in [7, 11) is 0. The number of aromatic nitrogens is 2. The van der Waals surface area contributed by atoms with Gasteiger partial charge in [0, 0.05) is 18.5 Å². The van der Waals surface area contributed by atoms with Gasteiger partial charge in [-0.25, -0.2) is 9.97 Å².